The number of rotatable bonds is 16. The Bertz CT molecular complexity index is 829. The van der Waals surface area contributed by atoms with Crippen LogP contribution in [0.25, 0.3) is 10.8 Å². The fourth-order valence-electron chi connectivity index (χ4n) is 4.10. The van der Waals surface area contributed by atoms with E-state index in [2.05, 4.69) is 17.2 Å². The first kappa shape index (κ1) is 26.0. The van der Waals surface area contributed by atoms with Crippen molar-refractivity contribution in [1.29, 1.82) is 0 Å². The third-order valence-corrected chi connectivity index (χ3v) is 6.03. The van der Waals surface area contributed by atoms with Gasteiger partial charge < -0.3 is 10.4 Å². The first-order chi connectivity index (χ1) is 15.5. The van der Waals surface area contributed by atoms with Crippen LogP contribution in [0.1, 0.15) is 101 Å². The van der Waals surface area contributed by atoms with Crippen molar-refractivity contribution in [3.8, 4) is 0 Å². The number of carbonyl (C=O) groups excluding carboxylic acids is 2. The molecule has 5 heteroatoms. The highest BCUT2D eigenvalue weighted by atomic mass is 16.3. The summed E-state index contributed by atoms with van der Waals surface area (Å²) in [5, 5.41) is 14.5. The van der Waals surface area contributed by atoms with Gasteiger partial charge in [-0.2, -0.15) is 0 Å². The molecule has 1 heterocycles. The molecule has 0 aliphatic carbocycles. The molecule has 2 atom stereocenters. The Morgan fingerprint density at radius 2 is 1.50 bits per heavy atom. The van der Waals surface area contributed by atoms with Crippen LogP contribution in [0.3, 0.4) is 0 Å². The summed E-state index contributed by atoms with van der Waals surface area (Å²) in [5.41, 5.74) is 0.274. The van der Waals surface area contributed by atoms with Gasteiger partial charge in [-0.1, -0.05) is 95.4 Å². The highest BCUT2D eigenvalue weighted by Crippen LogP contribution is 2.17. The summed E-state index contributed by atoms with van der Waals surface area (Å²) in [7, 11) is 0. The Morgan fingerprint density at radius 1 is 0.906 bits per heavy atom. The van der Waals surface area contributed by atoms with Gasteiger partial charge in [0.05, 0.1) is 6.10 Å². The Hall–Kier alpha value is -2.27. The molecule has 32 heavy (non-hydrogen) atoms. The maximum absolute atomic E-state index is 12.8. The van der Waals surface area contributed by atoms with E-state index in [0.29, 0.717) is 6.42 Å². The second-order valence-electron chi connectivity index (χ2n) is 8.82. The van der Waals surface area contributed by atoms with E-state index in [0.717, 1.165) is 30.0 Å². The Balaban J connectivity index is 1.73. The maximum Gasteiger partial charge on any atom is 0.271 e. The number of Topliss-reactive ketones (excluding diaryl/α,β-unsaturated/α-hetero) is 1. The Labute approximate surface area is 193 Å². The molecule has 176 valence electrons. The van der Waals surface area contributed by atoms with Crippen LogP contribution < -0.4 is 5.32 Å². The van der Waals surface area contributed by atoms with Gasteiger partial charge in [0, 0.05) is 18.0 Å². The lowest BCUT2D eigenvalue weighted by atomic mass is 10.00. The van der Waals surface area contributed by atoms with Crippen LogP contribution >= 0.6 is 0 Å². The van der Waals surface area contributed by atoms with Crippen molar-refractivity contribution in [2.24, 2.45) is 0 Å². The van der Waals surface area contributed by atoms with Crippen molar-refractivity contribution in [3.63, 3.8) is 0 Å². The van der Waals surface area contributed by atoms with Crippen LogP contribution in [-0.2, 0) is 4.79 Å². The van der Waals surface area contributed by atoms with Crippen molar-refractivity contribution in [2.45, 2.75) is 103 Å². The van der Waals surface area contributed by atoms with Crippen LogP contribution in [0.15, 0.2) is 36.5 Å². The molecule has 0 aliphatic rings. The zero-order chi connectivity index (χ0) is 23.2. The zero-order valence-electron chi connectivity index (χ0n) is 19.8. The first-order valence-electron chi connectivity index (χ1n) is 12.4. The van der Waals surface area contributed by atoms with E-state index in [4.69, 9.17) is 0 Å². The summed E-state index contributed by atoms with van der Waals surface area (Å²) in [4.78, 5) is 29.7. The van der Waals surface area contributed by atoms with Gasteiger partial charge in [-0.3, -0.25) is 14.6 Å². The number of aliphatic hydroxyl groups excluding tert-OH is 1. The minimum Gasteiger partial charge on any atom is -0.391 e. The van der Waals surface area contributed by atoms with Crippen LogP contribution in [0.4, 0.5) is 0 Å². The molecule has 0 unspecified atom stereocenters. The van der Waals surface area contributed by atoms with Crippen molar-refractivity contribution in [2.75, 3.05) is 0 Å². The molecule has 1 aromatic carbocycles. The molecule has 0 saturated carbocycles. The number of nitrogens with zero attached hydrogens (tertiary/aromatic N) is 1. The molecular weight excluding hydrogens is 400 g/mol. The van der Waals surface area contributed by atoms with E-state index in [-0.39, 0.29) is 11.5 Å². The van der Waals surface area contributed by atoms with Crippen molar-refractivity contribution in [3.05, 3.63) is 42.2 Å². The topological polar surface area (TPSA) is 79.3 Å². The largest absolute Gasteiger partial charge is 0.391 e. The van der Waals surface area contributed by atoms with Crippen LogP contribution in [0, 0.1) is 0 Å². The average Bonchev–Trinajstić information content (AvgIpc) is 2.80. The van der Waals surface area contributed by atoms with E-state index in [1.807, 2.05) is 30.3 Å². The Kier molecular flexibility index (Phi) is 12.0. The standard InChI is InChI=1S/C27H40N2O3/c1-3-4-5-6-7-8-9-10-11-12-13-18-24(31)25(21(2)30)29-27(32)26-23-17-15-14-16-22(23)19-20-28-26/h14-17,19-21,25,30H,3-13,18H2,1-2H3,(H,29,32)/t21-,25+/m1/s1. The molecule has 0 saturated heterocycles. The number of unbranched alkanes of at least 4 members (excludes halogenated alkanes) is 10. The molecule has 2 rings (SSSR count). The molecular formula is C27H40N2O3. The van der Waals surface area contributed by atoms with Crippen molar-refractivity contribution in [1.82, 2.24) is 10.3 Å². The zero-order valence-corrected chi connectivity index (χ0v) is 19.8. The van der Waals surface area contributed by atoms with Gasteiger partial charge in [-0.25, -0.2) is 0 Å². The minimum absolute atomic E-state index is 0.121. The summed E-state index contributed by atoms with van der Waals surface area (Å²) in [6.45, 7) is 3.78. The monoisotopic (exact) mass is 440 g/mol. The summed E-state index contributed by atoms with van der Waals surface area (Å²) >= 11 is 0. The molecule has 1 amide bonds. The number of aromatic nitrogens is 1. The van der Waals surface area contributed by atoms with Crippen LogP contribution in [0.2, 0.25) is 0 Å². The predicted octanol–water partition coefficient (Wildman–Crippen LogP) is 5.98. The number of nitrogens with one attached hydrogen (secondary N) is 1. The van der Waals surface area contributed by atoms with E-state index >= 15 is 0 Å². The molecule has 0 fully saturated rings. The van der Waals surface area contributed by atoms with Crippen molar-refractivity contribution < 1.29 is 14.7 Å². The second kappa shape index (κ2) is 14.7. The number of carbonyl (C=O) groups is 2. The molecule has 5 nitrogen and oxygen atoms in total. The number of amides is 1. The van der Waals surface area contributed by atoms with Gasteiger partial charge in [0.1, 0.15) is 11.7 Å². The van der Waals surface area contributed by atoms with Gasteiger partial charge in [-0.05, 0) is 24.8 Å². The lowest BCUT2D eigenvalue weighted by Crippen LogP contribution is -2.47. The number of benzene rings is 1. The lowest BCUT2D eigenvalue weighted by molar-refractivity contribution is -0.123. The summed E-state index contributed by atoms with van der Waals surface area (Å²) in [6, 6.07) is 8.44. The van der Waals surface area contributed by atoms with Crippen molar-refractivity contribution >= 4 is 22.5 Å². The normalized spacial score (nSPS) is 13.1. The summed E-state index contributed by atoms with van der Waals surface area (Å²) in [5.74, 6) is -0.551. The van der Waals surface area contributed by atoms with Gasteiger partial charge in [0.15, 0.2) is 5.78 Å². The third kappa shape index (κ3) is 8.70. The minimum atomic E-state index is -0.950. The smallest absolute Gasteiger partial charge is 0.271 e. The lowest BCUT2D eigenvalue weighted by Gasteiger charge is -2.20. The SMILES string of the molecule is CCCCCCCCCCCCCC(=O)[C@@H](NC(=O)c1nccc2ccccc12)[C@@H](C)O. The number of fused-ring (bicyclic) bond motifs is 1. The molecule has 0 aliphatic heterocycles. The van der Waals surface area contributed by atoms with Gasteiger partial charge >= 0.3 is 0 Å². The summed E-state index contributed by atoms with van der Waals surface area (Å²) in [6.07, 6.45) is 14.4. The van der Waals surface area contributed by atoms with E-state index < -0.39 is 18.1 Å². The molecule has 2 aromatic rings. The molecule has 0 spiro atoms. The number of aliphatic hydroxyl groups is 1. The van der Waals surface area contributed by atoms with Crippen LogP contribution in [-0.4, -0.2) is 33.9 Å². The third-order valence-electron chi connectivity index (χ3n) is 6.03. The molecule has 1 aromatic heterocycles. The maximum atomic E-state index is 12.8. The highest BCUT2D eigenvalue weighted by molar-refractivity contribution is 6.06. The van der Waals surface area contributed by atoms with E-state index in [1.54, 1.807) is 13.1 Å². The van der Waals surface area contributed by atoms with Crippen LogP contribution in [0.5, 0.6) is 0 Å². The number of pyridine rings is 1. The fraction of sp³-hybridized carbons (Fsp3) is 0.593. The Morgan fingerprint density at radius 3 is 2.12 bits per heavy atom. The highest BCUT2D eigenvalue weighted by Gasteiger charge is 2.26. The van der Waals surface area contributed by atoms with Gasteiger partial charge in [0.25, 0.3) is 5.91 Å². The molecule has 0 bridgehead atoms. The quantitative estimate of drug-likeness (QED) is 0.315. The van der Waals surface area contributed by atoms with E-state index in [1.165, 1.54) is 51.4 Å². The average molecular weight is 441 g/mol. The second-order valence-corrected chi connectivity index (χ2v) is 8.82. The number of ketones is 1. The first-order valence-corrected chi connectivity index (χ1v) is 12.4. The van der Waals surface area contributed by atoms with E-state index in [9.17, 15) is 14.7 Å². The number of hydrogen-bond donors (Lipinski definition) is 2. The molecule has 0 radical (unpaired) electrons. The predicted molar refractivity (Wildman–Crippen MR) is 131 cm³/mol. The van der Waals surface area contributed by atoms with Gasteiger partial charge in [0.2, 0.25) is 0 Å². The fourth-order valence-corrected chi connectivity index (χ4v) is 4.10. The summed E-state index contributed by atoms with van der Waals surface area (Å²) < 4.78 is 0. The molecule has 2 N–H and O–H groups in total. The number of hydrogen-bond acceptors (Lipinski definition) is 4. The van der Waals surface area contributed by atoms with Gasteiger partial charge in [-0.15, -0.1) is 0 Å².